The Morgan fingerprint density at radius 1 is 1.50 bits per heavy atom. The van der Waals surface area contributed by atoms with Gasteiger partial charge in [-0.1, -0.05) is 0 Å². The van der Waals surface area contributed by atoms with Gasteiger partial charge in [-0.15, -0.1) is 0 Å². The first-order chi connectivity index (χ1) is 8.49. The second-order valence-corrected chi connectivity index (χ2v) is 6.12. The molecule has 1 aliphatic heterocycles. The van der Waals surface area contributed by atoms with E-state index in [1.165, 1.54) is 5.56 Å². The van der Waals surface area contributed by atoms with Crippen LogP contribution in [0.2, 0.25) is 0 Å². The van der Waals surface area contributed by atoms with Crippen molar-refractivity contribution in [2.75, 3.05) is 20.2 Å². The minimum atomic E-state index is -0.433. The number of carbonyl (C=O) groups excluding carboxylic acids is 1. The van der Waals surface area contributed by atoms with Crippen LogP contribution in [0, 0.1) is 3.57 Å². The Kier molecular flexibility index (Phi) is 3.96. The zero-order valence-corrected chi connectivity index (χ0v) is 13.1. The first kappa shape index (κ1) is 13.8. The number of halogens is 1. The highest BCUT2D eigenvalue weighted by Crippen LogP contribution is 2.35. The molecule has 98 valence electrons. The molecule has 18 heavy (non-hydrogen) atoms. The highest BCUT2D eigenvalue weighted by atomic mass is 127. The number of rotatable bonds is 2. The molecule has 1 unspecified atom stereocenters. The molecule has 1 atom stereocenters. The topological polar surface area (TPSA) is 38.3 Å². The molecule has 1 heterocycles. The molecule has 0 aromatic heterocycles. The first-order valence-electron chi connectivity index (χ1n) is 6.07. The van der Waals surface area contributed by atoms with E-state index in [1.807, 2.05) is 6.92 Å². The number of Topliss-reactive ketones (excluding diaryl/α,β-unsaturated/α-hetero) is 1. The van der Waals surface area contributed by atoms with Gasteiger partial charge in [-0.3, -0.25) is 4.79 Å². The van der Waals surface area contributed by atoms with E-state index in [4.69, 9.17) is 4.74 Å². The lowest BCUT2D eigenvalue weighted by atomic mass is 9.77. The largest absolute Gasteiger partial charge is 0.496 e. The average molecular weight is 359 g/mol. The minimum Gasteiger partial charge on any atom is -0.496 e. The molecule has 0 aliphatic carbocycles. The molecule has 0 saturated carbocycles. The van der Waals surface area contributed by atoms with Crippen LogP contribution in [0.1, 0.15) is 25.0 Å². The van der Waals surface area contributed by atoms with E-state index in [0.717, 1.165) is 27.8 Å². The molecule has 1 N–H and O–H groups in total. The van der Waals surface area contributed by atoms with Crippen molar-refractivity contribution in [1.82, 2.24) is 5.32 Å². The molecule has 1 aromatic carbocycles. The number of hydrogen-bond donors (Lipinski definition) is 1. The molecule has 0 saturated heterocycles. The summed E-state index contributed by atoms with van der Waals surface area (Å²) >= 11 is 2.26. The Morgan fingerprint density at radius 3 is 2.83 bits per heavy atom. The van der Waals surface area contributed by atoms with Gasteiger partial charge in [0.15, 0.2) is 0 Å². The molecule has 1 aromatic rings. The Morgan fingerprint density at radius 2 is 2.22 bits per heavy atom. The lowest BCUT2D eigenvalue weighted by molar-refractivity contribution is -0.121. The summed E-state index contributed by atoms with van der Waals surface area (Å²) in [6.07, 6.45) is 0.936. The van der Waals surface area contributed by atoms with Crippen LogP contribution in [-0.2, 0) is 16.6 Å². The van der Waals surface area contributed by atoms with Crippen molar-refractivity contribution in [2.24, 2.45) is 0 Å². The minimum absolute atomic E-state index is 0.208. The van der Waals surface area contributed by atoms with Gasteiger partial charge in [0.25, 0.3) is 0 Å². The second-order valence-electron chi connectivity index (χ2n) is 4.96. The number of carbonyl (C=O) groups is 1. The van der Waals surface area contributed by atoms with Crippen molar-refractivity contribution in [2.45, 2.75) is 25.7 Å². The summed E-state index contributed by atoms with van der Waals surface area (Å²) < 4.78 is 6.43. The van der Waals surface area contributed by atoms with Gasteiger partial charge >= 0.3 is 0 Å². The third-order valence-corrected chi connectivity index (χ3v) is 4.64. The molecular weight excluding hydrogens is 341 g/mol. The van der Waals surface area contributed by atoms with Gasteiger partial charge in [0.05, 0.1) is 16.1 Å². The van der Waals surface area contributed by atoms with Crippen LogP contribution in [-0.4, -0.2) is 26.0 Å². The third-order valence-electron chi connectivity index (χ3n) is 3.80. The Balaban J connectivity index is 2.62. The van der Waals surface area contributed by atoms with Gasteiger partial charge in [-0.05, 0) is 72.7 Å². The van der Waals surface area contributed by atoms with E-state index in [2.05, 4.69) is 40.0 Å². The number of ketones is 1. The van der Waals surface area contributed by atoms with Crippen molar-refractivity contribution in [3.05, 3.63) is 26.8 Å². The van der Waals surface area contributed by atoms with E-state index in [-0.39, 0.29) is 5.78 Å². The highest BCUT2D eigenvalue weighted by Gasteiger charge is 2.35. The molecular formula is C14H18INO2. The van der Waals surface area contributed by atoms with Crippen molar-refractivity contribution in [1.29, 1.82) is 0 Å². The summed E-state index contributed by atoms with van der Waals surface area (Å²) in [5.41, 5.74) is 1.93. The summed E-state index contributed by atoms with van der Waals surface area (Å²) in [5, 5.41) is 3.36. The van der Waals surface area contributed by atoms with Gasteiger partial charge in [0.1, 0.15) is 11.5 Å². The maximum absolute atomic E-state index is 12.0. The van der Waals surface area contributed by atoms with Crippen LogP contribution in [0.3, 0.4) is 0 Å². The molecule has 0 spiro atoms. The number of hydrogen-bond acceptors (Lipinski definition) is 3. The van der Waals surface area contributed by atoms with Crippen LogP contribution in [0.25, 0.3) is 0 Å². The normalized spacial score (nSPS) is 23.1. The van der Waals surface area contributed by atoms with E-state index >= 15 is 0 Å². The molecule has 1 aliphatic rings. The van der Waals surface area contributed by atoms with Crippen LogP contribution in [0.15, 0.2) is 12.1 Å². The molecule has 4 heteroatoms. The number of nitrogens with one attached hydrogen (secondary N) is 1. The van der Waals surface area contributed by atoms with E-state index < -0.39 is 5.41 Å². The summed E-state index contributed by atoms with van der Waals surface area (Å²) in [7, 11) is 1.68. The van der Waals surface area contributed by atoms with Crippen LogP contribution >= 0.6 is 22.6 Å². The summed E-state index contributed by atoms with van der Waals surface area (Å²) in [6, 6.07) is 4.18. The number of benzene rings is 1. The zero-order valence-electron chi connectivity index (χ0n) is 11.0. The number of fused-ring (bicyclic) bond motifs is 1. The average Bonchev–Trinajstić information content (AvgIpc) is 2.49. The summed E-state index contributed by atoms with van der Waals surface area (Å²) in [6.45, 7) is 5.31. The summed E-state index contributed by atoms with van der Waals surface area (Å²) in [5.74, 6) is 1.10. The predicted octanol–water partition coefficient (Wildman–Crippen LogP) is 2.29. The third kappa shape index (κ3) is 2.28. The lowest BCUT2D eigenvalue weighted by Gasteiger charge is -2.28. The summed E-state index contributed by atoms with van der Waals surface area (Å²) in [4.78, 5) is 12.0. The Hall–Kier alpha value is -0.620. The van der Waals surface area contributed by atoms with Crippen LogP contribution < -0.4 is 10.1 Å². The Labute approximate surface area is 121 Å². The maximum Gasteiger partial charge on any atom is 0.141 e. The van der Waals surface area contributed by atoms with E-state index in [9.17, 15) is 4.79 Å². The Bertz CT molecular complexity index is 487. The van der Waals surface area contributed by atoms with Crippen LogP contribution in [0.4, 0.5) is 0 Å². The van der Waals surface area contributed by atoms with E-state index in [1.54, 1.807) is 14.0 Å². The lowest BCUT2D eigenvalue weighted by Crippen LogP contribution is -2.40. The number of methoxy groups -OCH3 is 1. The van der Waals surface area contributed by atoms with Crippen molar-refractivity contribution >= 4 is 28.4 Å². The molecule has 0 fully saturated rings. The van der Waals surface area contributed by atoms with Gasteiger partial charge in [-0.25, -0.2) is 0 Å². The van der Waals surface area contributed by atoms with E-state index in [0.29, 0.717) is 6.54 Å². The highest BCUT2D eigenvalue weighted by molar-refractivity contribution is 14.1. The van der Waals surface area contributed by atoms with Gasteiger partial charge in [-0.2, -0.15) is 0 Å². The molecule has 3 nitrogen and oxygen atoms in total. The van der Waals surface area contributed by atoms with Crippen molar-refractivity contribution in [3.63, 3.8) is 0 Å². The fraction of sp³-hybridized carbons (Fsp3) is 0.500. The number of ether oxygens (including phenoxy) is 1. The fourth-order valence-electron chi connectivity index (χ4n) is 2.44. The smallest absolute Gasteiger partial charge is 0.141 e. The monoisotopic (exact) mass is 359 g/mol. The molecule has 0 bridgehead atoms. The van der Waals surface area contributed by atoms with Crippen molar-refractivity contribution < 1.29 is 9.53 Å². The predicted molar refractivity (Wildman–Crippen MR) is 80.3 cm³/mol. The molecule has 0 radical (unpaired) electrons. The van der Waals surface area contributed by atoms with Crippen LogP contribution in [0.5, 0.6) is 5.75 Å². The standard InChI is InChI=1S/C14H18INO2/c1-9(17)14(2)8-16-5-4-10-6-13(18-3)12(15)7-11(10)14/h6-7,16H,4-5,8H2,1-3H3. The van der Waals surface area contributed by atoms with Crippen molar-refractivity contribution in [3.8, 4) is 5.75 Å². The maximum atomic E-state index is 12.0. The van der Waals surface area contributed by atoms with Gasteiger partial charge in [0, 0.05) is 6.54 Å². The van der Waals surface area contributed by atoms with Gasteiger partial charge in [0.2, 0.25) is 0 Å². The fourth-order valence-corrected chi connectivity index (χ4v) is 3.13. The molecule has 0 amide bonds. The SMILES string of the molecule is COc1cc2c(cc1I)C(C)(C(C)=O)CNCC2. The van der Waals surface area contributed by atoms with Gasteiger partial charge < -0.3 is 10.1 Å². The molecule has 2 rings (SSSR count). The second kappa shape index (κ2) is 5.17. The zero-order chi connectivity index (χ0) is 13.3. The quantitative estimate of drug-likeness (QED) is 0.824. The first-order valence-corrected chi connectivity index (χ1v) is 7.15.